The molecule has 3 heterocycles. The van der Waals surface area contributed by atoms with Crippen molar-refractivity contribution in [2.45, 2.75) is 19.9 Å². The fourth-order valence-electron chi connectivity index (χ4n) is 4.19. The van der Waals surface area contributed by atoms with Crippen LogP contribution in [0.25, 0.3) is 21.3 Å². The minimum Gasteiger partial charge on any atom is -0.408 e. The number of carbonyl (C=O) groups is 1. The minimum atomic E-state index is -0.547. The maximum atomic E-state index is 13.5. The first-order chi connectivity index (χ1) is 16.5. The Balaban J connectivity index is 0.00000289. The molecule has 0 atom stereocenters. The van der Waals surface area contributed by atoms with Crippen LogP contribution in [0, 0.1) is 6.92 Å². The molecule has 8 nitrogen and oxygen atoms in total. The van der Waals surface area contributed by atoms with Gasteiger partial charge in [-0.05, 0) is 43.2 Å². The third-order valence-corrected chi connectivity index (χ3v) is 7.55. The topological polar surface area (TPSA) is 80.8 Å². The van der Waals surface area contributed by atoms with Gasteiger partial charge in [0.1, 0.15) is 6.54 Å². The number of carbonyl (C=O) groups excluding carboxylic acids is 1. The number of hydrogen-bond acceptors (Lipinski definition) is 7. The largest absolute Gasteiger partial charge is 0.420 e. The third-order valence-electron chi connectivity index (χ3n) is 6.10. The average Bonchev–Trinajstić information content (AvgIpc) is 3.41. The van der Waals surface area contributed by atoms with Crippen LogP contribution < -0.4 is 10.7 Å². The lowest BCUT2D eigenvalue weighted by Crippen LogP contribution is -2.40. The molecule has 0 radical (unpaired) electrons. The fraction of sp³-hybridized carbons (Fsp3) is 0.375. The van der Waals surface area contributed by atoms with Crippen LogP contribution in [0.15, 0.2) is 45.6 Å². The van der Waals surface area contributed by atoms with Crippen LogP contribution in [0.3, 0.4) is 0 Å². The highest BCUT2D eigenvalue weighted by Gasteiger charge is 2.23. The number of aryl methyl sites for hydroxylation is 1. The van der Waals surface area contributed by atoms with Crippen molar-refractivity contribution in [3.63, 3.8) is 0 Å². The molecule has 5 rings (SSSR count). The summed E-state index contributed by atoms with van der Waals surface area (Å²) in [4.78, 5) is 34.8. The number of fused-ring (bicyclic) bond motifs is 2. The van der Waals surface area contributed by atoms with E-state index in [2.05, 4.69) is 4.90 Å². The maximum Gasteiger partial charge on any atom is 0.420 e. The van der Waals surface area contributed by atoms with Gasteiger partial charge in [-0.2, -0.15) is 0 Å². The van der Waals surface area contributed by atoms with Gasteiger partial charge in [-0.1, -0.05) is 35.1 Å². The second-order valence-corrected chi connectivity index (χ2v) is 9.71. The van der Waals surface area contributed by atoms with Crippen molar-refractivity contribution in [2.75, 3.05) is 44.3 Å². The lowest BCUT2D eigenvalue weighted by molar-refractivity contribution is -0.119. The summed E-state index contributed by atoms with van der Waals surface area (Å²) >= 11 is 7.75. The van der Waals surface area contributed by atoms with Crippen molar-refractivity contribution in [2.24, 2.45) is 0 Å². The summed E-state index contributed by atoms with van der Waals surface area (Å²) in [5.41, 5.74) is 2.74. The molecule has 0 aliphatic carbocycles. The molecule has 1 aliphatic heterocycles. The Bertz CT molecular complexity index is 1390. The number of para-hydroxylation sites is 2. The number of halogens is 2. The first-order valence-electron chi connectivity index (χ1n) is 11.3. The quantitative estimate of drug-likeness (QED) is 0.349. The number of hydrogen-bond donors (Lipinski definition) is 0. The number of thiazole rings is 1. The van der Waals surface area contributed by atoms with E-state index >= 15 is 0 Å². The Labute approximate surface area is 217 Å². The second-order valence-electron chi connectivity index (χ2n) is 8.29. The zero-order valence-corrected chi connectivity index (χ0v) is 21.6. The Kier molecular flexibility index (Phi) is 8.13. The number of benzene rings is 2. The van der Waals surface area contributed by atoms with Gasteiger partial charge in [0, 0.05) is 31.2 Å². The van der Waals surface area contributed by atoms with E-state index in [1.807, 2.05) is 25.1 Å². The number of morpholine rings is 1. The van der Waals surface area contributed by atoms with E-state index in [9.17, 15) is 9.59 Å². The van der Waals surface area contributed by atoms with Crippen LogP contribution >= 0.6 is 35.3 Å². The molecular formula is C24H26Cl2N4O4S. The monoisotopic (exact) mass is 536 g/mol. The van der Waals surface area contributed by atoms with E-state index in [0.29, 0.717) is 27.8 Å². The zero-order valence-electron chi connectivity index (χ0n) is 19.2. The molecular weight excluding hydrogens is 511 g/mol. The van der Waals surface area contributed by atoms with Gasteiger partial charge in [-0.25, -0.2) is 9.78 Å². The van der Waals surface area contributed by atoms with E-state index in [0.717, 1.165) is 55.0 Å². The molecule has 35 heavy (non-hydrogen) atoms. The van der Waals surface area contributed by atoms with Crippen LogP contribution in [-0.4, -0.2) is 59.8 Å². The molecule has 2 aromatic carbocycles. The van der Waals surface area contributed by atoms with E-state index in [1.165, 1.54) is 15.9 Å². The number of rotatable bonds is 7. The van der Waals surface area contributed by atoms with E-state index in [4.69, 9.17) is 25.7 Å². The van der Waals surface area contributed by atoms with Gasteiger partial charge in [-0.3, -0.25) is 19.2 Å². The van der Waals surface area contributed by atoms with Crippen LogP contribution in [0.1, 0.15) is 12.0 Å². The second kappa shape index (κ2) is 11.1. The zero-order chi connectivity index (χ0) is 23.7. The van der Waals surface area contributed by atoms with Crippen LogP contribution in [0.5, 0.6) is 0 Å². The predicted molar refractivity (Wildman–Crippen MR) is 141 cm³/mol. The van der Waals surface area contributed by atoms with Gasteiger partial charge in [0.05, 0.1) is 28.9 Å². The Morgan fingerprint density at radius 3 is 2.77 bits per heavy atom. The summed E-state index contributed by atoms with van der Waals surface area (Å²) in [6, 6.07) is 10.9. The molecule has 0 bridgehead atoms. The summed E-state index contributed by atoms with van der Waals surface area (Å²) in [5.74, 6) is -0.756. The number of nitrogens with zero attached hydrogens (tertiary/aromatic N) is 4. The number of anilines is 1. The summed E-state index contributed by atoms with van der Waals surface area (Å²) < 4.78 is 13.1. The van der Waals surface area contributed by atoms with Crippen molar-refractivity contribution in [3.05, 3.63) is 57.5 Å². The molecule has 1 aliphatic rings. The van der Waals surface area contributed by atoms with Crippen LogP contribution in [-0.2, 0) is 16.1 Å². The number of aromatic nitrogens is 2. The Morgan fingerprint density at radius 2 is 1.97 bits per heavy atom. The van der Waals surface area contributed by atoms with Gasteiger partial charge < -0.3 is 9.15 Å². The Morgan fingerprint density at radius 1 is 1.20 bits per heavy atom. The van der Waals surface area contributed by atoms with Gasteiger partial charge in [0.2, 0.25) is 5.91 Å². The first-order valence-corrected chi connectivity index (χ1v) is 12.4. The van der Waals surface area contributed by atoms with Crippen molar-refractivity contribution < 1.29 is 13.9 Å². The standard InChI is InChI=1S/C24H25ClN4O4S.ClH/c1-16-17(25)7-8-20-22(16)26-23(34-20)28(10-4-9-27-11-13-32-14-12-27)21(30)15-29-18-5-2-3-6-19(18)33-24(29)31;/h2-3,5-8H,4,9-15H2,1H3;1H. The van der Waals surface area contributed by atoms with Crippen LogP contribution in [0.2, 0.25) is 5.02 Å². The molecule has 1 saturated heterocycles. The lowest BCUT2D eigenvalue weighted by atomic mass is 10.2. The summed E-state index contributed by atoms with van der Waals surface area (Å²) in [6.07, 6.45) is 0.780. The smallest absolute Gasteiger partial charge is 0.408 e. The fourth-order valence-corrected chi connectivity index (χ4v) is 5.41. The summed E-state index contributed by atoms with van der Waals surface area (Å²) in [7, 11) is 0. The predicted octanol–water partition coefficient (Wildman–Crippen LogP) is 4.34. The number of oxazole rings is 1. The molecule has 1 fully saturated rings. The summed E-state index contributed by atoms with van der Waals surface area (Å²) in [5, 5.41) is 1.25. The normalized spacial score (nSPS) is 14.3. The molecule has 0 N–H and O–H groups in total. The molecule has 186 valence electrons. The van der Waals surface area contributed by atoms with E-state index in [-0.39, 0.29) is 24.9 Å². The first kappa shape index (κ1) is 25.7. The van der Waals surface area contributed by atoms with Gasteiger partial charge in [-0.15, -0.1) is 12.4 Å². The van der Waals surface area contributed by atoms with Crippen molar-refractivity contribution >= 4 is 67.7 Å². The van der Waals surface area contributed by atoms with Crippen molar-refractivity contribution in [1.82, 2.24) is 14.5 Å². The molecule has 0 spiro atoms. The van der Waals surface area contributed by atoms with E-state index < -0.39 is 5.76 Å². The van der Waals surface area contributed by atoms with Gasteiger partial charge in [0.15, 0.2) is 10.7 Å². The summed E-state index contributed by atoms with van der Waals surface area (Å²) in [6.45, 7) is 6.41. The van der Waals surface area contributed by atoms with Gasteiger partial charge in [0.25, 0.3) is 0 Å². The molecule has 0 saturated carbocycles. The van der Waals surface area contributed by atoms with Crippen LogP contribution in [0.4, 0.5) is 5.13 Å². The SMILES string of the molecule is Cc1c(Cl)ccc2sc(N(CCCN3CCOCC3)C(=O)Cn3c(=O)oc4ccccc43)nc12.Cl. The highest BCUT2D eigenvalue weighted by atomic mass is 35.5. The molecule has 0 unspecified atom stereocenters. The Hall–Kier alpha value is -2.43. The minimum absolute atomic E-state index is 0. The molecule has 11 heteroatoms. The maximum absolute atomic E-state index is 13.5. The highest BCUT2D eigenvalue weighted by Crippen LogP contribution is 2.34. The number of amides is 1. The van der Waals surface area contributed by atoms with Gasteiger partial charge >= 0.3 is 5.76 Å². The molecule has 4 aromatic rings. The molecule has 1 amide bonds. The van der Waals surface area contributed by atoms with Crippen molar-refractivity contribution in [1.29, 1.82) is 0 Å². The molecule has 2 aromatic heterocycles. The number of ether oxygens (including phenoxy) is 1. The average molecular weight is 537 g/mol. The van der Waals surface area contributed by atoms with E-state index in [1.54, 1.807) is 23.1 Å². The lowest BCUT2D eigenvalue weighted by Gasteiger charge is -2.27. The van der Waals surface area contributed by atoms with Crippen molar-refractivity contribution in [3.8, 4) is 0 Å². The highest BCUT2D eigenvalue weighted by molar-refractivity contribution is 7.22. The third kappa shape index (κ3) is 5.39.